The van der Waals surface area contributed by atoms with Crippen molar-refractivity contribution in [1.29, 1.82) is 0 Å². The lowest BCUT2D eigenvalue weighted by Gasteiger charge is -2.43. The number of thioether (sulfide) groups is 1. The van der Waals surface area contributed by atoms with Crippen molar-refractivity contribution >= 4 is 23.1 Å². The highest BCUT2D eigenvalue weighted by atomic mass is 32.2. The van der Waals surface area contributed by atoms with Gasteiger partial charge in [-0.2, -0.15) is 0 Å². The molecule has 1 saturated carbocycles. The molecular weight excluding hydrogens is 252 g/mol. The van der Waals surface area contributed by atoms with E-state index in [0.717, 1.165) is 17.5 Å². The van der Waals surface area contributed by atoms with Crippen LogP contribution in [0.15, 0.2) is 23.1 Å². The summed E-state index contributed by atoms with van der Waals surface area (Å²) in [5, 5.41) is 0. The number of fused-ring (bicyclic) bond motifs is 1. The molecule has 3 atom stereocenters. The van der Waals surface area contributed by atoms with E-state index in [1.165, 1.54) is 42.1 Å². The van der Waals surface area contributed by atoms with Gasteiger partial charge in [0.1, 0.15) is 0 Å². The monoisotopic (exact) mass is 276 g/mol. The van der Waals surface area contributed by atoms with Crippen molar-refractivity contribution in [3.63, 3.8) is 0 Å². The first kappa shape index (κ1) is 13.2. The van der Waals surface area contributed by atoms with Gasteiger partial charge in [-0.1, -0.05) is 13.8 Å². The minimum Gasteiger partial charge on any atom is -0.399 e. The first-order chi connectivity index (χ1) is 9.15. The second-order valence-corrected chi connectivity index (χ2v) is 7.33. The van der Waals surface area contributed by atoms with Gasteiger partial charge in [0.25, 0.3) is 0 Å². The van der Waals surface area contributed by atoms with Crippen molar-refractivity contribution in [1.82, 2.24) is 0 Å². The normalized spacial score (nSPS) is 31.1. The third kappa shape index (κ3) is 2.58. The number of nitrogens with two attached hydrogens (primary N) is 1. The molecule has 3 rings (SSSR count). The van der Waals surface area contributed by atoms with E-state index in [9.17, 15) is 0 Å². The number of nitrogens with zero attached hydrogens (tertiary/aromatic N) is 1. The number of benzene rings is 1. The average molecular weight is 276 g/mol. The van der Waals surface area contributed by atoms with Crippen molar-refractivity contribution in [3.05, 3.63) is 18.2 Å². The van der Waals surface area contributed by atoms with Gasteiger partial charge >= 0.3 is 0 Å². The number of hydrogen-bond donors (Lipinski definition) is 1. The van der Waals surface area contributed by atoms with Crippen LogP contribution in [0.4, 0.5) is 11.4 Å². The third-order valence-corrected chi connectivity index (χ3v) is 5.94. The van der Waals surface area contributed by atoms with Crippen LogP contribution in [0.1, 0.15) is 33.1 Å². The molecule has 2 N–H and O–H groups in total. The molecule has 2 aliphatic rings. The van der Waals surface area contributed by atoms with Gasteiger partial charge in [0.2, 0.25) is 0 Å². The molecular formula is C16H24N2S. The molecule has 0 saturated heterocycles. The molecule has 0 amide bonds. The Labute approximate surface area is 120 Å². The summed E-state index contributed by atoms with van der Waals surface area (Å²) in [7, 11) is 0. The topological polar surface area (TPSA) is 29.3 Å². The van der Waals surface area contributed by atoms with E-state index >= 15 is 0 Å². The van der Waals surface area contributed by atoms with Crippen LogP contribution in [-0.4, -0.2) is 18.3 Å². The maximum atomic E-state index is 5.99. The zero-order valence-electron chi connectivity index (χ0n) is 11.9. The minimum absolute atomic E-state index is 0.715. The molecule has 1 fully saturated rings. The van der Waals surface area contributed by atoms with Crippen LogP contribution in [0, 0.1) is 11.8 Å². The van der Waals surface area contributed by atoms with E-state index in [1.807, 2.05) is 17.8 Å². The van der Waals surface area contributed by atoms with Gasteiger partial charge in [0.05, 0.1) is 5.69 Å². The molecule has 0 bridgehead atoms. The van der Waals surface area contributed by atoms with Crippen LogP contribution in [-0.2, 0) is 0 Å². The predicted octanol–water partition coefficient (Wildman–Crippen LogP) is 4.01. The van der Waals surface area contributed by atoms with Crippen molar-refractivity contribution < 1.29 is 0 Å². The summed E-state index contributed by atoms with van der Waals surface area (Å²) in [5.41, 5.74) is 8.26. The maximum absolute atomic E-state index is 5.99. The Morgan fingerprint density at radius 1 is 1.21 bits per heavy atom. The fraction of sp³-hybridized carbons (Fsp3) is 0.625. The average Bonchev–Trinajstić information content (AvgIpc) is 2.41. The highest BCUT2D eigenvalue weighted by Crippen LogP contribution is 2.41. The summed E-state index contributed by atoms with van der Waals surface area (Å²) in [6.07, 6.45) is 4.04. The number of nitrogen functional groups attached to an aromatic ring is 1. The van der Waals surface area contributed by atoms with Crippen molar-refractivity contribution in [3.8, 4) is 0 Å². The Balaban J connectivity index is 1.85. The molecule has 0 radical (unpaired) electrons. The summed E-state index contributed by atoms with van der Waals surface area (Å²) in [5.74, 6) is 2.94. The zero-order chi connectivity index (χ0) is 13.4. The molecule has 2 nitrogen and oxygen atoms in total. The molecule has 1 aromatic rings. The van der Waals surface area contributed by atoms with Crippen LogP contribution in [0.5, 0.6) is 0 Å². The van der Waals surface area contributed by atoms with Crippen LogP contribution in [0.25, 0.3) is 0 Å². The standard InChI is InChI=1S/C16H24N2S/c1-11-3-5-14(9-12(11)2)18-7-8-19-16-6-4-13(17)10-15(16)18/h4,6,10-12,14H,3,5,7-9,17H2,1-2H3. The van der Waals surface area contributed by atoms with Gasteiger partial charge in [0, 0.05) is 28.9 Å². The molecule has 0 aromatic heterocycles. The first-order valence-electron chi connectivity index (χ1n) is 7.44. The first-order valence-corrected chi connectivity index (χ1v) is 8.42. The van der Waals surface area contributed by atoms with Crippen molar-refractivity contribution in [2.45, 2.75) is 44.0 Å². The Morgan fingerprint density at radius 3 is 2.84 bits per heavy atom. The summed E-state index contributed by atoms with van der Waals surface area (Å²) < 4.78 is 0. The van der Waals surface area contributed by atoms with Crippen molar-refractivity contribution in [2.24, 2.45) is 11.8 Å². The van der Waals surface area contributed by atoms with Gasteiger partial charge in [-0.05, 0) is 49.3 Å². The lowest BCUT2D eigenvalue weighted by Crippen LogP contribution is -2.43. The molecule has 19 heavy (non-hydrogen) atoms. The fourth-order valence-electron chi connectivity index (χ4n) is 3.44. The van der Waals surface area contributed by atoms with Crippen LogP contribution < -0.4 is 10.6 Å². The SMILES string of the molecule is CC1CCC(N2CCSc3ccc(N)cc32)CC1C. The van der Waals surface area contributed by atoms with Gasteiger partial charge in [0.15, 0.2) is 0 Å². The van der Waals surface area contributed by atoms with E-state index < -0.39 is 0 Å². The Hall–Kier alpha value is -0.830. The Morgan fingerprint density at radius 2 is 2.05 bits per heavy atom. The third-order valence-electron chi connectivity index (χ3n) is 4.89. The second-order valence-electron chi connectivity index (χ2n) is 6.19. The maximum Gasteiger partial charge on any atom is 0.0527 e. The number of rotatable bonds is 1. The second kappa shape index (κ2) is 5.28. The molecule has 3 heteroatoms. The summed E-state index contributed by atoms with van der Waals surface area (Å²) >= 11 is 1.97. The summed E-state index contributed by atoms with van der Waals surface area (Å²) in [6.45, 7) is 5.99. The Kier molecular flexibility index (Phi) is 3.66. The lowest BCUT2D eigenvalue weighted by atomic mass is 9.78. The van der Waals surface area contributed by atoms with Crippen LogP contribution in [0.2, 0.25) is 0 Å². The van der Waals surface area contributed by atoms with Gasteiger partial charge in [-0.3, -0.25) is 0 Å². The molecule has 1 aliphatic heterocycles. The zero-order valence-corrected chi connectivity index (χ0v) is 12.7. The van der Waals surface area contributed by atoms with E-state index in [0.29, 0.717) is 6.04 Å². The van der Waals surface area contributed by atoms with Gasteiger partial charge in [-0.25, -0.2) is 0 Å². The van der Waals surface area contributed by atoms with E-state index in [4.69, 9.17) is 5.73 Å². The summed E-state index contributed by atoms with van der Waals surface area (Å²) in [4.78, 5) is 4.04. The number of anilines is 2. The highest BCUT2D eigenvalue weighted by molar-refractivity contribution is 7.99. The predicted molar refractivity (Wildman–Crippen MR) is 84.9 cm³/mol. The minimum atomic E-state index is 0.715. The quantitative estimate of drug-likeness (QED) is 0.786. The van der Waals surface area contributed by atoms with Crippen molar-refractivity contribution in [2.75, 3.05) is 22.9 Å². The Bertz CT molecular complexity index is 460. The smallest absolute Gasteiger partial charge is 0.0527 e. The fourth-order valence-corrected chi connectivity index (χ4v) is 4.43. The van der Waals surface area contributed by atoms with E-state index in [2.05, 4.69) is 30.9 Å². The molecule has 1 heterocycles. The molecule has 1 aromatic carbocycles. The van der Waals surface area contributed by atoms with Crippen LogP contribution in [0.3, 0.4) is 0 Å². The highest BCUT2D eigenvalue weighted by Gasteiger charge is 2.31. The van der Waals surface area contributed by atoms with Gasteiger partial charge < -0.3 is 10.6 Å². The molecule has 1 aliphatic carbocycles. The molecule has 3 unspecified atom stereocenters. The molecule has 104 valence electrons. The molecule has 0 spiro atoms. The van der Waals surface area contributed by atoms with E-state index in [-0.39, 0.29) is 0 Å². The van der Waals surface area contributed by atoms with Crippen LogP contribution >= 0.6 is 11.8 Å². The van der Waals surface area contributed by atoms with E-state index in [1.54, 1.807) is 0 Å². The largest absolute Gasteiger partial charge is 0.399 e. The van der Waals surface area contributed by atoms with Gasteiger partial charge in [-0.15, -0.1) is 11.8 Å². The lowest BCUT2D eigenvalue weighted by molar-refractivity contribution is 0.244. The summed E-state index contributed by atoms with van der Waals surface area (Å²) in [6, 6.07) is 7.11. The number of hydrogen-bond acceptors (Lipinski definition) is 3.